The standard InChI is InChI=1S/C15H23NO3/c1-7-15(5,6)14(18)19-9-8-16-12(4)10(2)11(3)13(16)17/h4,7-9H2,1-3,5-6H3. The molecule has 0 radical (unpaired) electrons. The third kappa shape index (κ3) is 3.06. The molecule has 4 nitrogen and oxygen atoms in total. The first-order valence-electron chi connectivity index (χ1n) is 6.58. The van der Waals surface area contributed by atoms with Crippen LogP contribution >= 0.6 is 0 Å². The van der Waals surface area contributed by atoms with Gasteiger partial charge in [-0.25, -0.2) is 0 Å². The summed E-state index contributed by atoms with van der Waals surface area (Å²) in [6.07, 6.45) is 0.723. The van der Waals surface area contributed by atoms with Crippen molar-refractivity contribution in [1.29, 1.82) is 0 Å². The average molecular weight is 265 g/mol. The van der Waals surface area contributed by atoms with Crippen molar-refractivity contribution in [3.8, 4) is 0 Å². The highest BCUT2D eigenvalue weighted by Gasteiger charge is 2.30. The van der Waals surface area contributed by atoms with E-state index in [0.717, 1.165) is 12.0 Å². The maximum absolute atomic E-state index is 11.9. The van der Waals surface area contributed by atoms with Crippen LogP contribution in [0.15, 0.2) is 23.4 Å². The molecule has 0 atom stereocenters. The lowest BCUT2D eigenvalue weighted by Gasteiger charge is -2.22. The molecule has 0 saturated heterocycles. The van der Waals surface area contributed by atoms with Gasteiger partial charge < -0.3 is 9.64 Å². The van der Waals surface area contributed by atoms with Crippen molar-refractivity contribution in [1.82, 2.24) is 4.90 Å². The van der Waals surface area contributed by atoms with Crippen molar-refractivity contribution in [3.05, 3.63) is 23.4 Å². The van der Waals surface area contributed by atoms with E-state index in [-0.39, 0.29) is 18.5 Å². The molecule has 0 bridgehead atoms. The van der Waals surface area contributed by atoms with Crippen molar-refractivity contribution >= 4 is 11.9 Å². The highest BCUT2D eigenvalue weighted by molar-refractivity contribution is 5.99. The van der Waals surface area contributed by atoms with Crippen LogP contribution in [0.25, 0.3) is 0 Å². The highest BCUT2D eigenvalue weighted by Crippen LogP contribution is 2.27. The van der Waals surface area contributed by atoms with Crippen LogP contribution in [-0.2, 0) is 14.3 Å². The van der Waals surface area contributed by atoms with Crippen LogP contribution in [0.1, 0.15) is 41.0 Å². The molecular weight excluding hydrogens is 242 g/mol. The molecule has 0 fully saturated rings. The van der Waals surface area contributed by atoms with E-state index >= 15 is 0 Å². The second kappa shape index (κ2) is 5.59. The molecule has 0 aromatic heterocycles. The predicted molar refractivity (Wildman–Crippen MR) is 74.3 cm³/mol. The predicted octanol–water partition coefficient (Wildman–Crippen LogP) is 2.66. The minimum absolute atomic E-state index is 0.0479. The van der Waals surface area contributed by atoms with E-state index < -0.39 is 5.41 Å². The number of amides is 1. The van der Waals surface area contributed by atoms with E-state index in [2.05, 4.69) is 6.58 Å². The Kier molecular flexibility index (Phi) is 4.56. The van der Waals surface area contributed by atoms with Crippen molar-refractivity contribution < 1.29 is 14.3 Å². The summed E-state index contributed by atoms with van der Waals surface area (Å²) >= 11 is 0. The van der Waals surface area contributed by atoms with Gasteiger partial charge in [-0.1, -0.05) is 13.5 Å². The number of hydrogen-bond acceptors (Lipinski definition) is 3. The van der Waals surface area contributed by atoms with Crippen molar-refractivity contribution in [2.45, 2.75) is 41.0 Å². The molecule has 0 saturated carbocycles. The fourth-order valence-electron chi connectivity index (χ4n) is 1.71. The number of allylic oxidation sites excluding steroid dienone is 1. The summed E-state index contributed by atoms with van der Waals surface area (Å²) in [6, 6.07) is 0. The molecule has 0 spiro atoms. The Labute approximate surface area is 115 Å². The van der Waals surface area contributed by atoms with Crippen LogP contribution in [0, 0.1) is 5.41 Å². The zero-order chi connectivity index (χ0) is 14.8. The first-order valence-corrected chi connectivity index (χ1v) is 6.58. The topological polar surface area (TPSA) is 46.6 Å². The van der Waals surface area contributed by atoms with Gasteiger partial charge in [0.25, 0.3) is 5.91 Å². The van der Waals surface area contributed by atoms with Crippen LogP contribution in [0.3, 0.4) is 0 Å². The van der Waals surface area contributed by atoms with Crippen LogP contribution in [0.4, 0.5) is 0 Å². The molecular formula is C15H23NO3. The Morgan fingerprint density at radius 3 is 2.32 bits per heavy atom. The number of ether oxygens (including phenoxy) is 1. The van der Waals surface area contributed by atoms with Gasteiger partial charge in [-0.3, -0.25) is 9.59 Å². The summed E-state index contributed by atoms with van der Waals surface area (Å²) in [6.45, 7) is 13.8. The number of nitrogens with zero attached hydrogens (tertiary/aromatic N) is 1. The van der Waals surface area contributed by atoms with E-state index in [1.54, 1.807) is 11.8 Å². The Morgan fingerprint density at radius 2 is 1.89 bits per heavy atom. The van der Waals surface area contributed by atoms with Crippen LogP contribution in [0.5, 0.6) is 0 Å². The van der Waals surface area contributed by atoms with Gasteiger partial charge in [0, 0.05) is 11.3 Å². The lowest BCUT2D eigenvalue weighted by atomic mass is 9.91. The van der Waals surface area contributed by atoms with Gasteiger partial charge in [0.05, 0.1) is 12.0 Å². The second-order valence-electron chi connectivity index (χ2n) is 5.53. The molecule has 0 N–H and O–H groups in total. The number of esters is 1. The smallest absolute Gasteiger partial charge is 0.311 e. The lowest BCUT2D eigenvalue weighted by molar-refractivity contribution is -0.154. The summed E-state index contributed by atoms with van der Waals surface area (Å²) in [7, 11) is 0. The maximum atomic E-state index is 11.9. The normalized spacial score (nSPS) is 16.4. The third-order valence-electron chi connectivity index (χ3n) is 3.87. The van der Waals surface area contributed by atoms with E-state index in [0.29, 0.717) is 17.8 Å². The molecule has 0 unspecified atom stereocenters. The Bertz CT molecular complexity index is 422. The minimum atomic E-state index is -0.476. The van der Waals surface area contributed by atoms with Gasteiger partial charge in [0.15, 0.2) is 0 Å². The highest BCUT2D eigenvalue weighted by atomic mass is 16.5. The molecule has 0 aliphatic carbocycles. The van der Waals surface area contributed by atoms with Gasteiger partial charge in [-0.2, -0.15) is 0 Å². The fourth-order valence-corrected chi connectivity index (χ4v) is 1.71. The quantitative estimate of drug-likeness (QED) is 0.718. The van der Waals surface area contributed by atoms with Crippen LogP contribution < -0.4 is 0 Å². The Hall–Kier alpha value is -1.58. The molecule has 1 rings (SSSR count). The minimum Gasteiger partial charge on any atom is -0.463 e. The molecule has 1 amide bonds. The third-order valence-corrected chi connectivity index (χ3v) is 3.87. The number of carbonyl (C=O) groups is 2. The molecule has 1 heterocycles. The van der Waals surface area contributed by atoms with Crippen molar-refractivity contribution in [2.75, 3.05) is 13.2 Å². The van der Waals surface area contributed by atoms with Crippen LogP contribution in [-0.4, -0.2) is 29.9 Å². The van der Waals surface area contributed by atoms with E-state index in [1.165, 1.54) is 0 Å². The van der Waals surface area contributed by atoms with E-state index in [4.69, 9.17) is 4.74 Å². The van der Waals surface area contributed by atoms with Gasteiger partial charge >= 0.3 is 5.97 Å². The van der Waals surface area contributed by atoms with Crippen molar-refractivity contribution in [2.24, 2.45) is 5.41 Å². The summed E-state index contributed by atoms with van der Waals surface area (Å²) in [5, 5.41) is 0. The summed E-state index contributed by atoms with van der Waals surface area (Å²) < 4.78 is 5.23. The first-order chi connectivity index (χ1) is 8.72. The second-order valence-corrected chi connectivity index (χ2v) is 5.53. The van der Waals surface area contributed by atoms with Gasteiger partial charge in [0.1, 0.15) is 6.61 Å². The summed E-state index contributed by atoms with van der Waals surface area (Å²) in [5.74, 6) is -0.276. The SMILES string of the molecule is C=C1C(C)=C(C)C(=O)N1CCOC(=O)C(C)(C)CC. The summed E-state index contributed by atoms with van der Waals surface area (Å²) in [4.78, 5) is 25.3. The molecule has 19 heavy (non-hydrogen) atoms. The molecule has 4 heteroatoms. The number of hydrogen-bond donors (Lipinski definition) is 0. The summed E-state index contributed by atoms with van der Waals surface area (Å²) in [5.41, 5.74) is 1.85. The van der Waals surface area contributed by atoms with E-state index in [9.17, 15) is 9.59 Å². The zero-order valence-electron chi connectivity index (χ0n) is 12.5. The Morgan fingerprint density at radius 1 is 1.32 bits per heavy atom. The molecule has 1 aliphatic rings. The maximum Gasteiger partial charge on any atom is 0.311 e. The lowest BCUT2D eigenvalue weighted by Crippen LogP contribution is -2.32. The van der Waals surface area contributed by atoms with Gasteiger partial charge in [0.2, 0.25) is 0 Å². The number of rotatable bonds is 5. The molecule has 1 aliphatic heterocycles. The molecule has 106 valence electrons. The Balaban J connectivity index is 2.51. The fraction of sp³-hybridized carbons (Fsp3) is 0.600. The van der Waals surface area contributed by atoms with Gasteiger partial charge in [-0.05, 0) is 39.7 Å². The monoisotopic (exact) mass is 265 g/mol. The van der Waals surface area contributed by atoms with Crippen molar-refractivity contribution in [3.63, 3.8) is 0 Å². The zero-order valence-corrected chi connectivity index (χ0v) is 12.5. The number of carbonyl (C=O) groups excluding carboxylic acids is 2. The average Bonchev–Trinajstić information content (AvgIpc) is 2.55. The molecule has 0 aromatic carbocycles. The molecule has 0 aromatic rings. The largest absolute Gasteiger partial charge is 0.463 e. The van der Waals surface area contributed by atoms with Gasteiger partial charge in [-0.15, -0.1) is 0 Å². The van der Waals surface area contributed by atoms with Crippen LogP contribution in [0.2, 0.25) is 0 Å². The first kappa shape index (κ1) is 15.5. The van der Waals surface area contributed by atoms with E-state index in [1.807, 2.05) is 27.7 Å².